The Bertz CT molecular complexity index is 880. The standard InChI is InChI=1S/C18H16N6/c19-12-24-7-4-15(11-24)18-9-17(22-23-18)13-3-6-21-16(8-13)14-2-1-5-20-10-14/h1-3,5-6,8-10,15H,4,7,11H2,(H,22,23). The molecule has 0 aliphatic carbocycles. The van der Waals surface area contributed by atoms with E-state index in [0.717, 1.165) is 47.7 Å². The molecule has 0 radical (unpaired) electrons. The van der Waals surface area contributed by atoms with E-state index in [1.165, 1.54) is 0 Å². The van der Waals surface area contributed by atoms with E-state index >= 15 is 0 Å². The highest BCUT2D eigenvalue weighted by molar-refractivity contribution is 5.67. The third kappa shape index (κ3) is 2.72. The molecule has 1 aliphatic rings. The van der Waals surface area contributed by atoms with Gasteiger partial charge in [-0.15, -0.1) is 0 Å². The Kier molecular flexibility index (Phi) is 3.67. The number of nitriles is 1. The van der Waals surface area contributed by atoms with Gasteiger partial charge in [-0.25, -0.2) is 0 Å². The highest BCUT2D eigenvalue weighted by Crippen LogP contribution is 2.29. The lowest BCUT2D eigenvalue weighted by atomic mass is 10.0. The van der Waals surface area contributed by atoms with E-state index in [-0.39, 0.29) is 0 Å². The highest BCUT2D eigenvalue weighted by atomic mass is 15.2. The Hall–Kier alpha value is -3.20. The summed E-state index contributed by atoms with van der Waals surface area (Å²) in [7, 11) is 0. The Labute approximate surface area is 139 Å². The predicted molar refractivity (Wildman–Crippen MR) is 89.6 cm³/mol. The average Bonchev–Trinajstić information content (AvgIpc) is 3.32. The van der Waals surface area contributed by atoms with Crippen LogP contribution in [0.2, 0.25) is 0 Å². The van der Waals surface area contributed by atoms with E-state index in [4.69, 9.17) is 5.26 Å². The molecule has 118 valence electrons. The summed E-state index contributed by atoms with van der Waals surface area (Å²) in [5, 5.41) is 16.6. The highest BCUT2D eigenvalue weighted by Gasteiger charge is 2.24. The Morgan fingerprint density at radius 1 is 1.17 bits per heavy atom. The van der Waals surface area contributed by atoms with Crippen molar-refractivity contribution in [3.05, 3.63) is 54.6 Å². The SMILES string of the molecule is N#CN1CCC(c2cc(-c3ccnc(-c4cccnc4)c3)n[nH]2)C1. The van der Waals surface area contributed by atoms with Crippen molar-refractivity contribution in [1.82, 2.24) is 25.1 Å². The van der Waals surface area contributed by atoms with Gasteiger partial charge in [-0.2, -0.15) is 10.4 Å². The van der Waals surface area contributed by atoms with Gasteiger partial charge in [0.1, 0.15) is 0 Å². The lowest BCUT2D eigenvalue weighted by Gasteiger charge is -2.06. The van der Waals surface area contributed by atoms with E-state index in [1.807, 2.05) is 24.3 Å². The molecule has 0 spiro atoms. The summed E-state index contributed by atoms with van der Waals surface area (Å²) in [5.74, 6) is 0.338. The summed E-state index contributed by atoms with van der Waals surface area (Å²) in [5.41, 5.74) is 4.86. The maximum absolute atomic E-state index is 8.99. The second-order valence-electron chi connectivity index (χ2n) is 5.91. The maximum atomic E-state index is 8.99. The maximum Gasteiger partial charge on any atom is 0.179 e. The number of aromatic nitrogens is 4. The molecule has 3 aromatic rings. The molecule has 1 aliphatic heterocycles. The lowest BCUT2D eigenvalue weighted by Crippen LogP contribution is -2.12. The van der Waals surface area contributed by atoms with Crippen LogP contribution in [-0.2, 0) is 0 Å². The number of pyridine rings is 2. The third-order valence-corrected chi connectivity index (χ3v) is 4.38. The first kappa shape index (κ1) is 14.4. The van der Waals surface area contributed by atoms with Crippen LogP contribution in [0.5, 0.6) is 0 Å². The molecule has 1 atom stereocenters. The van der Waals surface area contributed by atoms with E-state index in [1.54, 1.807) is 23.5 Å². The minimum Gasteiger partial charge on any atom is -0.310 e. The normalized spacial score (nSPS) is 17.0. The molecule has 1 N–H and O–H groups in total. The number of hydrogen-bond donors (Lipinski definition) is 1. The largest absolute Gasteiger partial charge is 0.310 e. The molecule has 6 nitrogen and oxygen atoms in total. The minimum atomic E-state index is 0.338. The second kappa shape index (κ2) is 6.13. The number of nitrogens with zero attached hydrogens (tertiary/aromatic N) is 5. The van der Waals surface area contributed by atoms with Crippen molar-refractivity contribution in [2.45, 2.75) is 12.3 Å². The third-order valence-electron chi connectivity index (χ3n) is 4.38. The first-order valence-electron chi connectivity index (χ1n) is 7.90. The summed E-state index contributed by atoms with van der Waals surface area (Å²) < 4.78 is 0. The molecular weight excluding hydrogens is 300 g/mol. The fourth-order valence-corrected chi connectivity index (χ4v) is 3.06. The quantitative estimate of drug-likeness (QED) is 0.751. The second-order valence-corrected chi connectivity index (χ2v) is 5.91. The number of rotatable bonds is 3. The van der Waals surface area contributed by atoms with Crippen molar-refractivity contribution in [2.75, 3.05) is 13.1 Å². The van der Waals surface area contributed by atoms with Crippen molar-refractivity contribution >= 4 is 0 Å². The van der Waals surface area contributed by atoms with Gasteiger partial charge in [-0.1, -0.05) is 0 Å². The average molecular weight is 316 g/mol. The lowest BCUT2D eigenvalue weighted by molar-refractivity contribution is 0.478. The van der Waals surface area contributed by atoms with Crippen LogP contribution in [0.25, 0.3) is 22.5 Å². The van der Waals surface area contributed by atoms with Gasteiger partial charge in [0.25, 0.3) is 0 Å². The van der Waals surface area contributed by atoms with Crippen LogP contribution in [0.4, 0.5) is 0 Å². The minimum absolute atomic E-state index is 0.338. The molecule has 3 aromatic heterocycles. The fraction of sp³-hybridized carbons (Fsp3) is 0.222. The summed E-state index contributed by atoms with van der Waals surface area (Å²) in [6.45, 7) is 1.57. The fourth-order valence-electron chi connectivity index (χ4n) is 3.06. The van der Waals surface area contributed by atoms with Crippen molar-refractivity contribution < 1.29 is 0 Å². The Morgan fingerprint density at radius 2 is 2.12 bits per heavy atom. The zero-order chi connectivity index (χ0) is 16.4. The van der Waals surface area contributed by atoms with E-state index in [2.05, 4.69) is 32.4 Å². The van der Waals surface area contributed by atoms with Gasteiger partial charge in [0, 0.05) is 54.4 Å². The molecule has 4 rings (SSSR count). The van der Waals surface area contributed by atoms with Crippen molar-refractivity contribution in [3.8, 4) is 28.7 Å². The molecule has 0 aromatic carbocycles. The molecule has 24 heavy (non-hydrogen) atoms. The first-order valence-corrected chi connectivity index (χ1v) is 7.90. The number of likely N-dealkylation sites (tertiary alicyclic amines) is 1. The van der Waals surface area contributed by atoms with Crippen LogP contribution in [0.15, 0.2) is 48.9 Å². The number of aromatic amines is 1. The topological polar surface area (TPSA) is 81.5 Å². The van der Waals surface area contributed by atoms with E-state index < -0.39 is 0 Å². The number of hydrogen-bond acceptors (Lipinski definition) is 5. The van der Waals surface area contributed by atoms with Crippen LogP contribution in [-0.4, -0.2) is 38.2 Å². The molecule has 6 heteroatoms. The summed E-state index contributed by atoms with van der Waals surface area (Å²) >= 11 is 0. The molecule has 0 saturated carbocycles. The van der Waals surface area contributed by atoms with Gasteiger partial charge < -0.3 is 4.90 Å². The molecule has 4 heterocycles. The van der Waals surface area contributed by atoms with Crippen LogP contribution in [0, 0.1) is 11.5 Å². The van der Waals surface area contributed by atoms with E-state index in [0.29, 0.717) is 5.92 Å². The van der Waals surface area contributed by atoms with E-state index in [9.17, 15) is 0 Å². The molecule has 1 saturated heterocycles. The molecule has 1 unspecified atom stereocenters. The van der Waals surface area contributed by atoms with Gasteiger partial charge in [0.2, 0.25) is 0 Å². The Morgan fingerprint density at radius 3 is 2.92 bits per heavy atom. The van der Waals surface area contributed by atoms with Crippen molar-refractivity contribution in [2.24, 2.45) is 0 Å². The molecule has 1 fully saturated rings. The summed E-state index contributed by atoms with van der Waals surface area (Å²) in [6, 6.07) is 9.94. The van der Waals surface area contributed by atoms with Gasteiger partial charge in [-0.3, -0.25) is 15.1 Å². The summed E-state index contributed by atoms with van der Waals surface area (Å²) in [6.07, 6.45) is 8.53. The van der Waals surface area contributed by atoms with Crippen molar-refractivity contribution in [3.63, 3.8) is 0 Å². The first-order chi connectivity index (χ1) is 11.8. The van der Waals surface area contributed by atoms with Crippen LogP contribution < -0.4 is 0 Å². The van der Waals surface area contributed by atoms with Gasteiger partial charge in [0.05, 0.1) is 11.4 Å². The monoisotopic (exact) mass is 316 g/mol. The summed E-state index contributed by atoms with van der Waals surface area (Å²) in [4.78, 5) is 10.4. The van der Waals surface area contributed by atoms with Gasteiger partial charge in [0.15, 0.2) is 6.19 Å². The molecule has 0 bridgehead atoms. The van der Waals surface area contributed by atoms with Crippen molar-refractivity contribution in [1.29, 1.82) is 5.26 Å². The van der Waals surface area contributed by atoms with Gasteiger partial charge in [-0.05, 0) is 36.8 Å². The number of H-pyrrole nitrogens is 1. The smallest absolute Gasteiger partial charge is 0.179 e. The van der Waals surface area contributed by atoms with Gasteiger partial charge >= 0.3 is 0 Å². The van der Waals surface area contributed by atoms with Crippen LogP contribution in [0.1, 0.15) is 18.0 Å². The van der Waals surface area contributed by atoms with Crippen LogP contribution in [0.3, 0.4) is 0 Å². The molecule has 0 amide bonds. The predicted octanol–water partition coefficient (Wildman–Crippen LogP) is 2.80. The zero-order valence-corrected chi connectivity index (χ0v) is 13.1. The van der Waals surface area contributed by atoms with Crippen LogP contribution >= 0.6 is 0 Å². The Balaban J connectivity index is 1.60. The number of nitrogens with one attached hydrogen (secondary N) is 1. The molecular formula is C18H16N6. The zero-order valence-electron chi connectivity index (χ0n) is 13.1.